The van der Waals surface area contributed by atoms with Gasteiger partial charge in [-0.05, 0) is 36.9 Å². The van der Waals surface area contributed by atoms with Gasteiger partial charge in [0.15, 0.2) is 0 Å². The molecule has 26 heavy (non-hydrogen) atoms. The molecule has 0 saturated heterocycles. The Morgan fingerprint density at radius 2 is 1.73 bits per heavy atom. The maximum atomic E-state index is 4.38. The summed E-state index contributed by atoms with van der Waals surface area (Å²) < 4.78 is 0. The minimum Gasteiger partial charge on any atom is -0.318 e. The number of nitrogens with one attached hydrogen (secondary N) is 2. The highest BCUT2D eigenvalue weighted by Crippen LogP contribution is 2.20. The van der Waals surface area contributed by atoms with Crippen molar-refractivity contribution in [3.63, 3.8) is 0 Å². The van der Waals surface area contributed by atoms with E-state index in [4.69, 9.17) is 0 Å². The van der Waals surface area contributed by atoms with Gasteiger partial charge in [-0.2, -0.15) is 5.10 Å². The normalized spacial score (nSPS) is 11.5. The van der Waals surface area contributed by atoms with Gasteiger partial charge in [0.05, 0.1) is 5.69 Å². The zero-order chi connectivity index (χ0) is 18.2. The number of H-pyrrole nitrogens is 1. The summed E-state index contributed by atoms with van der Waals surface area (Å²) in [4.78, 5) is 2.29. The molecule has 0 saturated carbocycles. The third-order valence-electron chi connectivity index (χ3n) is 4.39. The lowest BCUT2D eigenvalue weighted by Gasteiger charge is -2.15. The van der Waals surface area contributed by atoms with E-state index in [9.17, 15) is 0 Å². The van der Waals surface area contributed by atoms with E-state index in [1.54, 1.807) is 0 Å². The van der Waals surface area contributed by atoms with Crippen LogP contribution in [-0.2, 0) is 6.54 Å². The monoisotopic (exact) mass is 346 g/mol. The van der Waals surface area contributed by atoms with Crippen LogP contribution in [0.25, 0.3) is 23.3 Å². The van der Waals surface area contributed by atoms with Gasteiger partial charge in [-0.1, -0.05) is 60.7 Å². The van der Waals surface area contributed by atoms with Gasteiger partial charge in [0.1, 0.15) is 0 Å². The van der Waals surface area contributed by atoms with Crippen molar-refractivity contribution in [3.8, 4) is 11.1 Å². The van der Waals surface area contributed by atoms with Gasteiger partial charge < -0.3 is 10.2 Å². The Bertz CT molecular complexity index is 819. The molecule has 0 amide bonds. The Kier molecular flexibility index (Phi) is 6.36. The van der Waals surface area contributed by atoms with E-state index in [1.807, 2.05) is 19.3 Å². The first-order valence-corrected chi connectivity index (χ1v) is 8.95. The number of rotatable bonds is 8. The summed E-state index contributed by atoms with van der Waals surface area (Å²) in [5.74, 6) is 0. The molecule has 0 aliphatic carbocycles. The number of aromatic amines is 1. The lowest BCUT2D eigenvalue weighted by molar-refractivity contribution is 0.328. The molecule has 3 aromatic rings. The van der Waals surface area contributed by atoms with Crippen LogP contribution in [0.3, 0.4) is 0 Å². The van der Waals surface area contributed by atoms with Crippen LogP contribution in [0.5, 0.6) is 0 Å². The van der Waals surface area contributed by atoms with E-state index in [2.05, 4.69) is 88.1 Å². The van der Waals surface area contributed by atoms with Gasteiger partial charge in [-0.15, -0.1) is 0 Å². The Morgan fingerprint density at radius 3 is 2.46 bits per heavy atom. The lowest BCUT2D eigenvalue weighted by atomic mass is 10.0. The van der Waals surface area contributed by atoms with Crippen LogP contribution in [-0.4, -0.2) is 42.3 Å². The second kappa shape index (κ2) is 9.13. The van der Waals surface area contributed by atoms with Crippen molar-refractivity contribution in [2.45, 2.75) is 6.54 Å². The molecule has 0 bridgehead atoms. The molecule has 0 aliphatic heterocycles. The number of likely N-dealkylation sites (N-methyl/N-ethyl adjacent to an activating group) is 2. The second-order valence-electron chi connectivity index (χ2n) is 6.46. The molecule has 4 nitrogen and oxygen atoms in total. The predicted molar refractivity (Wildman–Crippen MR) is 110 cm³/mol. The van der Waals surface area contributed by atoms with Crippen LogP contribution in [0.1, 0.15) is 16.8 Å². The number of hydrogen-bond donors (Lipinski definition) is 2. The third kappa shape index (κ3) is 4.91. The summed E-state index contributed by atoms with van der Waals surface area (Å²) in [7, 11) is 4.10. The van der Waals surface area contributed by atoms with Crippen LogP contribution in [0, 0.1) is 0 Å². The molecule has 0 atom stereocenters. The molecular weight excluding hydrogens is 320 g/mol. The van der Waals surface area contributed by atoms with E-state index in [0.29, 0.717) is 0 Å². The first-order chi connectivity index (χ1) is 12.8. The molecular formula is C22H26N4. The van der Waals surface area contributed by atoms with Crippen molar-refractivity contribution in [2.75, 3.05) is 27.2 Å². The summed E-state index contributed by atoms with van der Waals surface area (Å²) in [6, 6.07) is 19.0. The number of aromatic nitrogens is 2. The van der Waals surface area contributed by atoms with E-state index >= 15 is 0 Å². The van der Waals surface area contributed by atoms with Crippen LogP contribution >= 0.6 is 0 Å². The quantitative estimate of drug-likeness (QED) is 0.650. The lowest BCUT2D eigenvalue weighted by Crippen LogP contribution is -2.27. The molecule has 0 spiro atoms. The smallest absolute Gasteiger partial charge is 0.0893 e. The molecule has 1 aromatic heterocycles. The molecule has 0 fully saturated rings. The number of benzene rings is 2. The minimum atomic E-state index is 0.880. The van der Waals surface area contributed by atoms with E-state index in [1.165, 1.54) is 22.3 Å². The average Bonchev–Trinajstić information content (AvgIpc) is 3.12. The molecule has 2 N–H and O–H groups in total. The van der Waals surface area contributed by atoms with Gasteiger partial charge in [0.2, 0.25) is 0 Å². The highest BCUT2D eigenvalue weighted by Gasteiger charge is 2.06. The van der Waals surface area contributed by atoms with Crippen LogP contribution in [0.2, 0.25) is 0 Å². The second-order valence-corrected chi connectivity index (χ2v) is 6.46. The summed E-state index contributed by atoms with van der Waals surface area (Å²) >= 11 is 0. The molecule has 134 valence electrons. The van der Waals surface area contributed by atoms with Crippen molar-refractivity contribution < 1.29 is 0 Å². The molecule has 0 radical (unpaired) electrons. The summed E-state index contributed by atoms with van der Waals surface area (Å²) in [6.45, 7) is 2.86. The van der Waals surface area contributed by atoms with Crippen molar-refractivity contribution in [1.29, 1.82) is 0 Å². The topological polar surface area (TPSA) is 44.0 Å². The summed E-state index contributed by atoms with van der Waals surface area (Å²) in [5.41, 5.74) is 5.84. The first-order valence-electron chi connectivity index (χ1n) is 8.95. The maximum absolute atomic E-state index is 4.38. The largest absolute Gasteiger partial charge is 0.318 e. The highest BCUT2D eigenvalue weighted by molar-refractivity contribution is 5.71. The van der Waals surface area contributed by atoms with Crippen LogP contribution < -0.4 is 5.32 Å². The van der Waals surface area contributed by atoms with Crippen LogP contribution in [0.15, 0.2) is 60.8 Å². The van der Waals surface area contributed by atoms with E-state index < -0.39 is 0 Å². The van der Waals surface area contributed by atoms with Crippen molar-refractivity contribution in [2.24, 2.45) is 0 Å². The molecule has 2 aromatic carbocycles. The summed E-state index contributed by atoms with van der Waals surface area (Å²) in [5, 5.41) is 10.5. The molecule has 0 aliphatic rings. The van der Waals surface area contributed by atoms with Crippen molar-refractivity contribution >= 4 is 12.2 Å². The third-order valence-corrected chi connectivity index (χ3v) is 4.39. The fourth-order valence-electron chi connectivity index (χ4n) is 2.86. The van der Waals surface area contributed by atoms with Gasteiger partial charge in [0, 0.05) is 31.4 Å². The van der Waals surface area contributed by atoms with Gasteiger partial charge in [0.25, 0.3) is 0 Å². The fraction of sp³-hybridized carbons (Fsp3) is 0.227. The minimum absolute atomic E-state index is 0.880. The average molecular weight is 346 g/mol. The highest BCUT2D eigenvalue weighted by atomic mass is 15.1. The number of nitrogens with zero attached hydrogens (tertiary/aromatic N) is 2. The predicted octanol–water partition coefficient (Wildman–Crippen LogP) is 3.90. The van der Waals surface area contributed by atoms with Gasteiger partial charge in [-0.25, -0.2) is 0 Å². The summed E-state index contributed by atoms with van der Waals surface area (Å²) in [6.07, 6.45) is 6.17. The van der Waals surface area contributed by atoms with Gasteiger partial charge in [-0.3, -0.25) is 5.10 Å². The van der Waals surface area contributed by atoms with Crippen LogP contribution in [0.4, 0.5) is 0 Å². The Morgan fingerprint density at radius 1 is 1.00 bits per heavy atom. The fourth-order valence-corrected chi connectivity index (χ4v) is 2.86. The number of hydrogen-bond acceptors (Lipinski definition) is 3. The SMILES string of the molecule is CNCCN(C)Cc1c[nH]nc1/C=C/c1ccc(-c2ccccc2)cc1. The van der Waals surface area contributed by atoms with E-state index in [0.717, 1.165) is 25.3 Å². The Labute approximate surface area is 155 Å². The van der Waals surface area contributed by atoms with Crippen molar-refractivity contribution in [3.05, 3.63) is 77.6 Å². The Hall–Kier alpha value is -2.69. The van der Waals surface area contributed by atoms with Crippen molar-refractivity contribution in [1.82, 2.24) is 20.4 Å². The zero-order valence-electron chi connectivity index (χ0n) is 15.4. The standard InChI is InChI=1S/C22H26N4/c1-23-14-15-26(2)17-21-16-24-25-22(21)13-10-18-8-11-20(12-9-18)19-6-4-3-5-7-19/h3-13,16,23H,14-15,17H2,1-2H3,(H,24,25)/b13-10+. The molecule has 4 heteroatoms. The van der Waals surface area contributed by atoms with Gasteiger partial charge >= 0.3 is 0 Å². The molecule has 3 rings (SSSR count). The Balaban J connectivity index is 1.66. The molecule has 0 unspecified atom stereocenters. The van der Waals surface area contributed by atoms with E-state index in [-0.39, 0.29) is 0 Å². The first kappa shape index (κ1) is 18.1. The maximum Gasteiger partial charge on any atom is 0.0893 e. The zero-order valence-corrected chi connectivity index (χ0v) is 15.4. The molecule has 1 heterocycles.